The van der Waals surface area contributed by atoms with Crippen LogP contribution in [0.25, 0.3) is 0 Å². The van der Waals surface area contributed by atoms with Crippen LogP contribution in [0.4, 0.5) is 0 Å². The van der Waals surface area contributed by atoms with E-state index in [2.05, 4.69) is 5.38 Å². The molecule has 116 valence electrons. The highest BCUT2D eigenvalue weighted by Gasteiger charge is 2.37. The molecule has 1 aliphatic rings. The van der Waals surface area contributed by atoms with Gasteiger partial charge in [0.05, 0.1) is 0 Å². The van der Waals surface area contributed by atoms with Crippen LogP contribution in [-0.4, -0.2) is 30.5 Å². The van der Waals surface area contributed by atoms with E-state index in [0.717, 1.165) is 12.0 Å². The van der Waals surface area contributed by atoms with Crippen molar-refractivity contribution in [2.24, 2.45) is 11.7 Å². The largest absolute Gasteiger partial charge is 0.459 e. The van der Waals surface area contributed by atoms with Crippen LogP contribution in [0.3, 0.4) is 0 Å². The number of carbonyl (C=O) groups is 1. The quantitative estimate of drug-likeness (QED) is 0.807. The first kappa shape index (κ1) is 16.0. The summed E-state index contributed by atoms with van der Waals surface area (Å²) in [5.41, 5.74) is 6.48. The Morgan fingerprint density at radius 1 is 1.57 bits per heavy atom. The number of hydrogen-bond acceptors (Lipinski definition) is 5. The topological polar surface area (TPSA) is 81.8 Å². The summed E-state index contributed by atoms with van der Waals surface area (Å²) >= 11 is 1.61. The van der Waals surface area contributed by atoms with E-state index in [9.17, 15) is 4.79 Å². The highest BCUT2D eigenvalue weighted by Crippen LogP contribution is 2.39. The second kappa shape index (κ2) is 7.59. The third kappa shape index (κ3) is 3.84. The molecule has 2 rings (SSSR count). The maximum absolute atomic E-state index is 11.5. The molecule has 1 amide bonds. The molecular weight excluding hydrogens is 290 g/mol. The fourth-order valence-corrected chi connectivity index (χ4v) is 3.33. The summed E-state index contributed by atoms with van der Waals surface area (Å²) in [7, 11) is 0. The Balaban J connectivity index is 2.32. The lowest BCUT2D eigenvalue weighted by Gasteiger charge is -2.36. The molecule has 0 spiro atoms. The van der Waals surface area contributed by atoms with Gasteiger partial charge in [0.25, 0.3) is 5.91 Å². The maximum Gasteiger partial charge on any atom is 0.283 e. The number of ether oxygens (including phenoxy) is 2. The summed E-state index contributed by atoms with van der Waals surface area (Å²) in [6.07, 6.45) is 2.68. The molecule has 1 aromatic heterocycles. The van der Waals surface area contributed by atoms with E-state index in [0.29, 0.717) is 13.0 Å². The van der Waals surface area contributed by atoms with Crippen LogP contribution in [0.1, 0.15) is 31.2 Å². The average molecular weight is 311 g/mol. The van der Waals surface area contributed by atoms with Gasteiger partial charge in [-0.3, -0.25) is 4.79 Å². The van der Waals surface area contributed by atoms with Gasteiger partial charge < -0.3 is 20.3 Å². The van der Waals surface area contributed by atoms with Crippen LogP contribution >= 0.6 is 11.3 Å². The zero-order valence-corrected chi connectivity index (χ0v) is 12.8. The first-order chi connectivity index (χ1) is 10.2. The van der Waals surface area contributed by atoms with Crippen LogP contribution in [0, 0.1) is 5.92 Å². The minimum absolute atomic E-state index is 0.00981. The maximum atomic E-state index is 11.5. The number of aliphatic hydroxyl groups excluding tert-OH is 1. The second-order valence-electron chi connectivity index (χ2n) is 4.95. The van der Waals surface area contributed by atoms with Gasteiger partial charge in [0.1, 0.15) is 0 Å². The number of thiophene rings is 1. The van der Waals surface area contributed by atoms with Crippen LogP contribution in [0.15, 0.2) is 28.7 Å². The summed E-state index contributed by atoms with van der Waals surface area (Å²) in [4.78, 5) is 11.5. The molecule has 1 aliphatic heterocycles. The molecule has 0 saturated heterocycles. The zero-order valence-electron chi connectivity index (χ0n) is 12.0. The third-order valence-electron chi connectivity index (χ3n) is 3.58. The van der Waals surface area contributed by atoms with E-state index in [-0.39, 0.29) is 24.2 Å². The smallest absolute Gasteiger partial charge is 0.283 e. The molecule has 0 aliphatic carbocycles. The molecular formula is C15H21NO4S. The molecule has 1 aromatic rings. The molecule has 3 atom stereocenters. The van der Waals surface area contributed by atoms with Crippen LogP contribution in [0.2, 0.25) is 0 Å². The Labute approximate surface area is 128 Å². The molecule has 0 unspecified atom stereocenters. The van der Waals surface area contributed by atoms with Crippen molar-refractivity contribution in [3.05, 3.63) is 34.2 Å². The molecule has 0 fully saturated rings. The molecule has 0 aromatic carbocycles. The second-order valence-corrected chi connectivity index (χ2v) is 5.73. The Morgan fingerprint density at radius 3 is 2.95 bits per heavy atom. The molecule has 0 bridgehead atoms. The van der Waals surface area contributed by atoms with Crippen LogP contribution in [0.5, 0.6) is 0 Å². The number of allylic oxidation sites excluding steroid dienone is 1. The zero-order chi connectivity index (χ0) is 15.2. The lowest BCUT2D eigenvalue weighted by atomic mass is 9.81. The minimum atomic E-state index is -0.583. The Morgan fingerprint density at radius 2 is 2.38 bits per heavy atom. The van der Waals surface area contributed by atoms with Crippen molar-refractivity contribution in [3.63, 3.8) is 0 Å². The van der Waals surface area contributed by atoms with Gasteiger partial charge in [-0.05, 0) is 48.2 Å². The van der Waals surface area contributed by atoms with Gasteiger partial charge >= 0.3 is 0 Å². The summed E-state index contributed by atoms with van der Waals surface area (Å²) in [6, 6.07) is 2.03. The van der Waals surface area contributed by atoms with Crippen LogP contribution in [-0.2, 0) is 14.3 Å². The molecule has 2 heterocycles. The van der Waals surface area contributed by atoms with E-state index in [4.69, 9.17) is 20.3 Å². The van der Waals surface area contributed by atoms with Gasteiger partial charge in [-0.2, -0.15) is 11.3 Å². The van der Waals surface area contributed by atoms with Crippen molar-refractivity contribution in [1.82, 2.24) is 0 Å². The monoisotopic (exact) mass is 311 g/mol. The Hall–Kier alpha value is -1.37. The van der Waals surface area contributed by atoms with Crippen molar-refractivity contribution < 1.29 is 19.4 Å². The number of hydrogen-bond donors (Lipinski definition) is 2. The summed E-state index contributed by atoms with van der Waals surface area (Å²) in [5.74, 6) is -0.365. The fraction of sp³-hybridized carbons (Fsp3) is 0.533. The molecule has 0 radical (unpaired) electrons. The predicted molar refractivity (Wildman–Crippen MR) is 80.6 cm³/mol. The van der Waals surface area contributed by atoms with Crippen molar-refractivity contribution in [2.75, 3.05) is 13.2 Å². The molecule has 6 heteroatoms. The number of primary amides is 1. The molecule has 5 nitrogen and oxygen atoms in total. The third-order valence-corrected chi connectivity index (χ3v) is 4.28. The summed E-state index contributed by atoms with van der Waals surface area (Å²) in [5, 5.41) is 13.2. The SMILES string of the molecule is CCO[C@@H]1OC(C(N)=O)=C[C@H](c2ccsc2)[C@H]1CCCO. The first-order valence-electron chi connectivity index (χ1n) is 7.10. The predicted octanol–water partition coefficient (Wildman–Crippen LogP) is 1.98. The Kier molecular flexibility index (Phi) is 5.78. The average Bonchev–Trinajstić information content (AvgIpc) is 2.99. The molecule has 3 N–H and O–H groups in total. The first-order valence-corrected chi connectivity index (χ1v) is 8.04. The number of nitrogens with two attached hydrogens (primary N) is 1. The van der Waals surface area contributed by atoms with Gasteiger partial charge in [0.2, 0.25) is 6.29 Å². The van der Waals surface area contributed by atoms with E-state index < -0.39 is 12.2 Å². The summed E-state index contributed by atoms with van der Waals surface area (Å²) < 4.78 is 11.3. The van der Waals surface area contributed by atoms with Crippen molar-refractivity contribution >= 4 is 17.2 Å². The molecule has 21 heavy (non-hydrogen) atoms. The van der Waals surface area contributed by atoms with E-state index in [1.54, 1.807) is 17.4 Å². The summed E-state index contributed by atoms with van der Waals surface area (Å²) in [6.45, 7) is 2.50. The Bertz CT molecular complexity index is 486. The molecule has 0 saturated carbocycles. The van der Waals surface area contributed by atoms with E-state index in [1.807, 2.05) is 18.4 Å². The van der Waals surface area contributed by atoms with Gasteiger partial charge in [-0.15, -0.1) is 0 Å². The number of carbonyl (C=O) groups excluding carboxylic acids is 1. The van der Waals surface area contributed by atoms with Gasteiger partial charge in [-0.25, -0.2) is 0 Å². The normalized spacial score (nSPS) is 25.2. The van der Waals surface area contributed by atoms with Crippen molar-refractivity contribution in [2.45, 2.75) is 32.0 Å². The van der Waals surface area contributed by atoms with Crippen LogP contribution < -0.4 is 5.73 Å². The minimum Gasteiger partial charge on any atom is -0.459 e. The lowest BCUT2D eigenvalue weighted by molar-refractivity contribution is -0.165. The number of amides is 1. The highest BCUT2D eigenvalue weighted by atomic mass is 32.1. The van der Waals surface area contributed by atoms with Gasteiger partial charge in [-0.1, -0.05) is 0 Å². The van der Waals surface area contributed by atoms with Gasteiger partial charge in [0, 0.05) is 25.0 Å². The van der Waals surface area contributed by atoms with Gasteiger partial charge in [0.15, 0.2) is 5.76 Å². The lowest BCUT2D eigenvalue weighted by Crippen LogP contribution is -2.37. The van der Waals surface area contributed by atoms with E-state index >= 15 is 0 Å². The van der Waals surface area contributed by atoms with Crippen molar-refractivity contribution in [3.8, 4) is 0 Å². The van der Waals surface area contributed by atoms with Crippen molar-refractivity contribution in [1.29, 1.82) is 0 Å². The van der Waals surface area contributed by atoms with E-state index in [1.165, 1.54) is 0 Å². The standard InChI is InChI=1S/C15H21NO4S/c1-2-19-15-11(4-3-6-17)12(10-5-7-21-9-10)8-13(20-15)14(16)18/h5,7-9,11-12,15,17H,2-4,6H2,1H3,(H2,16,18)/t11-,12-,15-/m1/s1. The highest BCUT2D eigenvalue weighted by molar-refractivity contribution is 7.08. The number of aliphatic hydroxyl groups is 1. The number of rotatable bonds is 7. The fourth-order valence-electron chi connectivity index (χ4n) is 2.62.